The van der Waals surface area contributed by atoms with E-state index >= 15 is 0 Å². The van der Waals surface area contributed by atoms with E-state index in [9.17, 15) is 9.50 Å². The van der Waals surface area contributed by atoms with E-state index in [2.05, 4.69) is 9.47 Å². The van der Waals surface area contributed by atoms with Gasteiger partial charge >= 0.3 is 0 Å². The highest BCUT2D eigenvalue weighted by molar-refractivity contribution is 5.76. The van der Waals surface area contributed by atoms with Gasteiger partial charge in [-0.1, -0.05) is 24.3 Å². The molecule has 1 aliphatic heterocycles. The molecule has 0 aliphatic carbocycles. The van der Waals surface area contributed by atoms with E-state index in [1.54, 1.807) is 12.1 Å². The zero-order valence-corrected chi connectivity index (χ0v) is 15.0. The standard InChI is InChI=1S/C21H24FN3O/c1-24-20-7-6-15(14-26)12-19(20)23-21(24)13-25-10-8-16(9-11-25)17-4-2-3-5-18(17)22/h2-7,12,16,26H,8-11,13-14H2,1H3. The van der Waals surface area contributed by atoms with Gasteiger partial charge < -0.3 is 9.67 Å². The van der Waals surface area contributed by atoms with Gasteiger partial charge in [-0.05, 0) is 61.2 Å². The summed E-state index contributed by atoms with van der Waals surface area (Å²) in [5.41, 5.74) is 3.74. The monoisotopic (exact) mass is 353 g/mol. The van der Waals surface area contributed by atoms with Crippen molar-refractivity contribution in [3.8, 4) is 0 Å². The number of nitrogens with zero attached hydrogens (tertiary/aromatic N) is 3. The Balaban J connectivity index is 1.45. The molecule has 0 atom stereocenters. The number of hydrogen-bond acceptors (Lipinski definition) is 3. The van der Waals surface area contributed by atoms with Gasteiger partial charge in [0.15, 0.2) is 0 Å². The molecule has 0 amide bonds. The van der Waals surface area contributed by atoms with Crippen molar-refractivity contribution in [3.63, 3.8) is 0 Å². The van der Waals surface area contributed by atoms with Gasteiger partial charge in [0, 0.05) is 7.05 Å². The lowest BCUT2D eigenvalue weighted by molar-refractivity contribution is 0.197. The Morgan fingerprint density at radius 1 is 1.15 bits per heavy atom. The summed E-state index contributed by atoms with van der Waals surface area (Å²) in [4.78, 5) is 7.15. The van der Waals surface area contributed by atoms with Crippen molar-refractivity contribution < 1.29 is 9.50 Å². The second kappa shape index (κ2) is 7.17. The van der Waals surface area contributed by atoms with E-state index < -0.39 is 0 Å². The minimum atomic E-state index is -0.0824. The van der Waals surface area contributed by atoms with Crippen LogP contribution in [0.1, 0.15) is 35.7 Å². The number of aliphatic hydroxyl groups excluding tert-OH is 1. The van der Waals surface area contributed by atoms with Crippen molar-refractivity contribution in [2.24, 2.45) is 7.05 Å². The quantitative estimate of drug-likeness (QED) is 0.779. The molecule has 5 heteroatoms. The zero-order valence-electron chi connectivity index (χ0n) is 15.0. The lowest BCUT2D eigenvalue weighted by atomic mass is 9.89. The number of halogens is 1. The van der Waals surface area contributed by atoms with Crippen molar-refractivity contribution in [2.75, 3.05) is 13.1 Å². The Kier molecular flexibility index (Phi) is 4.74. The van der Waals surface area contributed by atoms with Crippen LogP contribution in [0.4, 0.5) is 4.39 Å². The van der Waals surface area contributed by atoms with Gasteiger partial charge in [-0.25, -0.2) is 9.37 Å². The van der Waals surface area contributed by atoms with Gasteiger partial charge in [-0.15, -0.1) is 0 Å². The van der Waals surface area contributed by atoms with E-state index in [0.29, 0.717) is 5.92 Å². The minimum Gasteiger partial charge on any atom is -0.392 e. The number of aromatic nitrogens is 2. The van der Waals surface area contributed by atoms with E-state index in [1.807, 2.05) is 37.4 Å². The molecule has 2 aromatic carbocycles. The fourth-order valence-electron chi connectivity index (χ4n) is 3.94. The molecule has 1 fully saturated rings. The fraction of sp³-hybridized carbons (Fsp3) is 0.381. The first-order valence-corrected chi connectivity index (χ1v) is 9.17. The molecule has 4 rings (SSSR count). The first kappa shape index (κ1) is 17.2. The van der Waals surface area contributed by atoms with Gasteiger partial charge in [0.05, 0.1) is 24.2 Å². The second-order valence-corrected chi connectivity index (χ2v) is 7.14. The molecule has 1 N–H and O–H groups in total. The summed E-state index contributed by atoms with van der Waals surface area (Å²) in [6, 6.07) is 13.0. The van der Waals surface area contributed by atoms with Crippen molar-refractivity contribution >= 4 is 11.0 Å². The van der Waals surface area contributed by atoms with Crippen LogP contribution in [-0.2, 0) is 20.2 Å². The molecule has 2 heterocycles. The average molecular weight is 353 g/mol. The molecular weight excluding hydrogens is 329 g/mol. The molecule has 1 saturated heterocycles. The van der Waals surface area contributed by atoms with Crippen LogP contribution in [0.25, 0.3) is 11.0 Å². The largest absolute Gasteiger partial charge is 0.392 e. The second-order valence-electron chi connectivity index (χ2n) is 7.14. The predicted octanol–water partition coefficient (Wildman–Crippen LogP) is 3.58. The van der Waals surface area contributed by atoms with Crippen LogP contribution in [0.15, 0.2) is 42.5 Å². The summed E-state index contributed by atoms with van der Waals surface area (Å²) in [5, 5.41) is 9.30. The molecule has 1 aliphatic rings. The highest BCUT2D eigenvalue weighted by Crippen LogP contribution is 2.30. The summed E-state index contributed by atoms with van der Waals surface area (Å²) in [6.45, 7) is 2.73. The number of imidazole rings is 1. The van der Waals surface area contributed by atoms with E-state index in [-0.39, 0.29) is 12.4 Å². The smallest absolute Gasteiger partial charge is 0.126 e. The molecule has 26 heavy (non-hydrogen) atoms. The number of piperidine rings is 1. The average Bonchev–Trinajstić information content (AvgIpc) is 2.98. The summed E-state index contributed by atoms with van der Waals surface area (Å²) in [7, 11) is 2.04. The summed E-state index contributed by atoms with van der Waals surface area (Å²) in [5.74, 6) is 1.25. The third kappa shape index (κ3) is 3.24. The lowest BCUT2D eigenvalue weighted by Gasteiger charge is -2.32. The number of fused-ring (bicyclic) bond motifs is 1. The number of benzene rings is 2. The van der Waals surface area contributed by atoms with Gasteiger partial charge in [-0.3, -0.25) is 4.90 Å². The summed E-state index contributed by atoms with van der Waals surface area (Å²) < 4.78 is 16.1. The Hall–Kier alpha value is -2.24. The summed E-state index contributed by atoms with van der Waals surface area (Å²) >= 11 is 0. The maximum Gasteiger partial charge on any atom is 0.126 e. The minimum absolute atomic E-state index is 0.0331. The molecule has 0 radical (unpaired) electrons. The molecule has 0 bridgehead atoms. The zero-order chi connectivity index (χ0) is 18.1. The molecule has 3 aromatic rings. The Morgan fingerprint density at radius 3 is 2.65 bits per heavy atom. The molecule has 4 nitrogen and oxygen atoms in total. The van der Waals surface area contributed by atoms with Crippen molar-refractivity contribution in [1.82, 2.24) is 14.5 Å². The van der Waals surface area contributed by atoms with Crippen LogP contribution in [0.5, 0.6) is 0 Å². The van der Waals surface area contributed by atoms with Crippen molar-refractivity contribution in [2.45, 2.75) is 31.9 Å². The number of aryl methyl sites for hydroxylation is 1. The normalized spacial score (nSPS) is 16.4. The highest BCUT2D eigenvalue weighted by atomic mass is 19.1. The molecular formula is C21H24FN3O. The molecule has 0 spiro atoms. The van der Waals surface area contributed by atoms with Crippen LogP contribution in [-0.4, -0.2) is 32.6 Å². The van der Waals surface area contributed by atoms with Crippen molar-refractivity contribution in [3.05, 3.63) is 65.2 Å². The Morgan fingerprint density at radius 2 is 1.92 bits per heavy atom. The van der Waals surface area contributed by atoms with Gasteiger partial charge in [0.2, 0.25) is 0 Å². The van der Waals surface area contributed by atoms with E-state index in [1.165, 1.54) is 0 Å². The number of aliphatic hydroxyl groups is 1. The van der Waals surface area contributed by atoms with Gasteiger partial charge in [0.1, 0.15) is 11.6 Å². The van der Waals surface area contributed by atoms with Gasteiger partial charge in [0.25, 0.3) is 0 Å². The Labute approximate surface area is 152 Å². The maximum atomic E-state index is 14.0. The number of likely N-dealkylation sites (tertiary alicyclic amines) is 1. The number of hydrogen-bond donors (Lipinski definition) is 1. The fourth-order valence-corrected chi connectivity index (χ4v) is 3.94. The molecule has 1 aromatic heterocycles. The van der Waals surface area contributed by atoms with Crippen molar-refractivity contribution in [1.29, 1.82) is 0 Å². The molecule has 0 saturated carbocycles. The number of rotatable bonds is 4. The maximum absolute atomic E-state index is 14.0. The van der Waals surface area contributed by atoms with Crippen LogP contribution in [0, 0.1) is 5.82 Å². The molecule has 136 valence electrons. The first-order chi connectivity index (χ1) is 12.7. The van der Waals surface area contributed by atoms with E-state index in [4.69, 9.17) is 4.98 Å². The molecule has 0 unspecified atom stereocenters. The topological polar surface area (TPSA) is 41.3 Å². The van der Waals surface area contributed by atoms with Crippen LogP contribution >= 0.6 is 0 Å². The first-order valence-electron chi connectivity index (χ1n) is 9.17. The summed E-state index contributed by atoms with van der Waals surface area (Å²) in [6.07, 6.45) is 1.94. The lowest BCUT2D eigenvalue weighted by Crippen LogP contribution is -2.33. The van der Waals surface area contributed by atoms with Crippen LogP contribution in [0.2, 0.25) is 0 Å². The van der Waals surface area contributed by atoms with E-state index in [0.717, 1.165) is 60.5 Å². The predicted molar refractivity (Wildman–Crippen MR) is 100 cm³/mol. The third-order valence-corrected chi connectivity index (χ3v) is 5.52. The van der Waals surface area contributed by atoms with Crippen LogP contribution < -0.4 is 0 Å². The third-order valence-electron chi connectivity index (χ3n) is 5.52. The SMILES string of the molecule is Cn1c(CN2CCC(c3ccccc3F)CC2)nc2cc(CO)ccc21. The van der Waals surface area contributed by atoms with Crippen LogP contribution in [0.3, 0.4) is 0 Å². The Bertz CT molecular complexity index is 913. The highest BCUT2D eigenvalue weighted by Gasteiger charge is 2.23. The van der Waals surface area contributed by atoms with Gasteiger partial charge in [-0.2, -0.15) is 0 Å².